The number of rotatable bonds is 3. The molecule has 0 bridgehead atoms. The molecule has 0 aromatic heterocycles. The first kappa shape index (κ1) is 8.17. The van der Waals surface area contributed by atoms with E-state index in [9.17, 15) is 4.79 Å². The van der Waals surface area contributed by atoms with Crippen LogP contribution in [-0.2, 0) is 9.53 Å². The summed E-state index contributed by atoms with van der Waals surface area (Å²) in [6, 6.07) is 0. The lowest BCUT2D eigenvalue weighted by Gasteiger charge is -2.05. The molecule has 0 heterocycles. The zero-order chi connectivity index (χ0) is 7.28. The van der Waals surface area contributed by atoms with Crippen LogP contribution < -0.4 is 0 Å². The zero-order valence-corrected chi connectivity index (χ0v) is 5.33. The zero-order valence-electron chi connectivity index (χ0n) is 5.33. The second-order valence-corrected chi connectivity index (χ2v) is 1.50. The number of carbonyl (C=O) groups excluding carboxylic acids is 1. The predicted octanol–water partition coefficient (Wildman–Crippen LogP) is 0.444. The SMILES string of the molecule is C=CC(=O)O[C@H](O)CC. The Balaban J connectivity index is 3.46. The second-order valence-electron chi connectivity index (χ2n) is 1.50. The van der Waals surface area contributed by atoms with E-state index in [0.717, 1.165) is 6.08 Å². The molecule has 3 heteroatoms. The van der Waals surface area contributed by atoms with Crippen LogP contribution >= 0.6 is 0 Å². The van der Waals surface area contributed by atoms with Crippen LogP contribution in [0.25, 0.3) is 0 Å². The van der Waals surface area contributed by atoms with Crippen molar-refractivity contribution in [2.24, 2.45) is 0 Å². The van der Waals surface area contributed by atoms with Crippen LogP contribution in [0.5, 0.6) is 0 Å². The smallest absolute Gasteiger partial charge is 0.332 e. The van der Waals surface area contributed by atoms with E-state index in [1.807, 2.05) is 0 Å². The van der Waals surface area contributed by atoms with Crippen molar-refractivity contribution in [2.45, 2.75) is 19.6 Å². The average molecular weight is 130 g/mol. The van der Waals surface area contributed by atoms with E-state index in [-0.39, 0.29) is 0 Å². The Morgan fingerprint density at radius 2 is 2.56 bits per heavy atom. The van der Waals surface area contributed by atoms with Gasteiger partial charge in [-0.15, -0.1) is 0 Å². The molecular weight excluding hydrogens is 120 g/mol. The van der Waals surface area contributed by atoms with Crippen molar-refractivity contribution in [3.8, 4) is 0 Å². The quantitative estimate of drug-likeness (QED) is 0.342. The number of aliphatic hydroxyl groups is 1. The van der Waals surface area contributed by atoms with E-state index in [0.29, 0.717) is 6.42 Å². The van der Waals surface area contributed by atoms with Crippen LogP contribution in [0, 0.1) is 0 Å². The van der Waals surface area contributed by atoms with E-state index in [4.69, 9.17) is 5.11 Å². The lowest BCUT2D eigenvalue weighted by molar-refractivity contribution is -0.161. The Labute approximate surface area is 53.9 Å². The molecule has 52 valence electrons. The molecule has 3 nitrogen and oxygen atoms in total. The molecule has 0 rings (SSSR count). The first-order valence-corrected chi connectivity index (χ1v) is 2.71. The highest BCUT2D eigenvalue weighted by Gasteiger charge is 2.02. The summed E-state index contributed by atoms with van der Waals surface area (Å²) >= 11 is 0. The molecule has 0 aromatic carbocycles. The molecular formula is C6H10O3. The van der Waals surface area contributed by atoms with E-state index in [1.165, 1.54) is 0 Å². The largest absolute Gasteiger partial charge is 0.433 e. The number of hydrogen-bond acceptors (Lipinski definition) is 3. The van der Waals surface area contributed by atoms with E-state index in [1.54, 1.807) is 6.92 Å². The Kier molecular flexibility index (Phi) is 3.71. The number of aliphatic hydroxyl groups excluding tert-OH is 1. The third kappa shape index (κ3) is 3.73. The van der Waals surface area contributed by atoms with Gasteiger partial charge in [-0.1, -0.05) is 13.5 Å². The van der Waals surface area contributed by atoms with Gasteiger partial charge in [0, 0.05) is 12.5 Å². The molecule has 0 aromatic rings. The highest BCUT2D eigenvalue weighted by molar-refractivity contribution is 5.81. The molecule has 0 aliphatic rings. The van der Waals surface area contributed by atoms with Crippen LogP contribution in [0.2, 0.25) is 0 Å². The third-order valence-electron chi connectivity index (χ3n) is 0.768. The molecule has 0 unspecified atom stereocenters. The predicted molar refractivity (Wildman–Crippen MR) is 32.6 cm³/mol. The maximum absolute atomic E-state index is 10.3. The number of carbonyl (C=O) groups is 1. The summed E-state index contributed by atoms with van der Waals surface area (Å²) < 4.78 is 4.35. The summed E-state index contributed by atoms with van der Waals surface area (Å²) in [6.45, 7) is 4.87. The molecule has 0 radical (unpaired) electrons. The standard InChI is InChI=1S/C6H10O3/c1-3-5(7)9-6(8)4-2/h3,6,8H,1,4H2,2H3/t6-/m0/s1. The van der Waals surface area contributed by atoms with Crippen LogP contribution in [0.15, 0.2) is 12.7 Å². The normalized spacial score (nSPS) is 12.2. The van der Waals surface area contributed by atoms with Gasteiger partial charge in [0.1, 0.15) is 0 Å². The lowest BCUT2D eigenvalue weighted by Crippen LogP contribution is -2.14. The van der Waals surface area contributed by atoms with E-state index in [2.05, 4.69) is 11.3 Å². The molecule has 1 atom stereocenters. The first-order chi connectivity index (χ1) is 4.20. The topological polar surface area (TPSA) is 46.5 Å². The number of hydrogen-bond donors (Lipinski definition) is 1. The number of esters is 1. The van der Waals surface area contributed by atoms with E-state index < -0.39 is 12.3 Å². The fourth-order valence-corrected chi connectivity index (χ4v) is 0.266. The maximum Gasteiger partial charge on any atom is 0.332 e. The van der Waals surface area contributed by atoms with Crippen molar-refractivity contribution >= 4 is 5.97 Å². The molecule has 0 aliphatic heterocycles. The summed E-state index contributed by atoms with van der Waals surface area (Å²) in [5, 5.41) is 8.67. The van der Waals surface area contributed by atoms with Gasteiger partial charge < -0.3 is 9.84 Å². The molecule has 0 saturated carbocycles. The van der Waals surface area contributed by atoms with Crippen molar-refractivity contribution in [1.29, 1.82) is 0 Å². The highest BCUT2D eigenvalue weighted by atomic mass is 16.6. The van der Waals surface area contributed by atoms with Gasteiger partial charge in [-0.2, -0.15) is 0 Å². The molecule has 0 saturated heterocycles. The molecule has 0 fully saturated rings. The van der Waals surface area contributed by atoms with Crippen molar-refractivity contribution in [2.75, 3.05) is 0 Å². The van der Waals surface area contributed by atoms with Crippen molar-refractivity contribution in [3.05, 3.63) is 12.7 Å². The average Bonchev–Trinajstić information content (AvgIpc) is 1.87. The van der Waals surface area contributed by atoms with Gasteiger partial charge >= 0.3 is 5.97 Å². The Hall–Kier alpha value is -0.830. The molecule has 0 aliphatic carbocycles. The summed E-state index contributed by atoms with van der Waals surface area (Å²) in [5.41, 5.74) is 0. The summed E-state index contributed by atoms with van der Waals surface area (Å²) in [5.74, 6) is -0.593. The first-order valence-electron chi connectivity index (χ1n) is 2.71. The summed E-state index contributed by atoms with van der Waals surface area (Å²) in [6.07, 6.45) is 0.425. The maximum atomic E-state index is 10.3. The Morgan fingerprint density at radius 1 is 2.00 bits per heavy atom. The third-order valence-corrected chi connectivity index (χ3v) is 0.768. The summed E-state index contributed by atoms with van der Waals surface area (Å²) in [7, 11) is 0. The van der Waals surface area contributed by atoms with Gasteiger partial charge in [0.25, 0.3) is 0 Å². The lowest BCUT2D eigenvalue weighted by atomic mass is 10.5. The summed E-state index contributed by atoms with van der Waals surface area (Å²) in [4.78, 5) is 10.3. The number of ether oxygens (including phenoxy) is 1. The van der Waals surface area contributed by atoms with Crippen LogP contribution in [0.3, 0.4) is 0 Å². The monoisotopic (exact) mass is 130 g/mol. The molecule has 1 N–H and O–H groups in total. The van der Waals surface area contributed by atoms with Crippen LogP contribution in [0.4, 0.5) is 0 Å². The van der Waals surface area contributed by atoms with Crippen LogP contribution in [-0.4, -0.2) is 17.4 Å². The van der Waals surface area contributed by atoms with Gasteiger partial charge in [-0.05, 0) is 0 Å². The molecule has 0 amide bonds. The minimum atomic E-state index is -0.990. The van der Waals surface area contributed by atoms with Crippen LogP contribution in [0.1, 0.15) is 13.3 Å². The van der Waals surface area contributed by atoms with Gasteiger partial charge in [0.05, 0.1) is 0 Å². The minimum Gasteiger partial charge on any atom is -0.433 e. The second kappa shape index (κ2) is 4.09. The Bertz CT molecular complexity index is 109. The Morgan fingerprint density at radius 3 is 2.89 bits per heavy atom. The van der Waals surface area contributed by atoms with Gasteiger partial charge in [-0.3, -0.25) is 0 Å². The highest BCUT2D eigenvalue weighted by Crippen LogP contribution is 1.92. The van der Waals surface area contributed by atoms with Gasteiger partial charge in [0.15, 0.2) is 0 Å². The van der Waals surface area contributed by atoms with E-state index >= 15 is 0 Å². The van der Waals surface area contributed by atoms with Gasteiger partial charge in [-0.25, -0.2) is 4.79 Å². The molecule has 0 spiro atoms. The van der Waals surface area contributed by atoms with Gasteiger partial charge in [0.2, 0.25) is 6.29 Å². The minimum absolute atomic E-state index is 0.402. The van der Waals surface area contributed by atoms with Crippen molar-refractivity contribution in [1.82, 2.24) is 0 Å². The fourth-order valence-electron chi connectivity index (χ4n) is 0.266. The molecule has 9 heavy (non-hydrogen) atoms. The van der Waals surface area contributed by atoms with Crippen molar-refractivity contribution < 1.29 is 14.6 Å². The van der Waals surface area contributed by atoms with Crippen molar-refractivity contribution in [3.63, 3.8) is 0 Å². The fraction of sp³-hybridized carbons (Fsp3) is 0.500.